The van der Waals surface area contributed by atoms with Gasteiger partial charge in [0.2, 0.25) is 5.78 Å². The predicted octanol–water partition coefficient (Wildman–Crippen LogP) is 3.41. The van der Waals surface area contributed by atoms with Gasteiger partial charge in [0.25, 0.3) is 5.91 Å². The summed E-state index contributed by atoms with van der Waals surface area (Å²) in [6, 6.07) is 16.6. The van der Waals surface area contributed by atoms with E-state index >= 15 is 0 Å². The molecule has 1 aromatic carbocycles. The first kappa shape index (κ1) is 14.7. The number of carbonyl (C=O) groups excluding carboxylic acids is 2. The minimum absolute atomic E-state index is 0.0123. The highest BCUT2D eigenvalue weighted by Gasteiger charge is 2.22. The molecule has 0 atom stereocenters. The predicted molar refractivity (Wildman–Crippen MR) is 92.4 cm³/mol. The van der Waals surface area contributed by atoms with E-state index in [-0.39, 0.29) is 11.7 Å². The van der Waals surface area contributed by atoms with E-state index in [9.17, 15) is 9.59 Å². The van der Waals surface area contributed by atoms with Gasteiger partial charge in [-0.3, -0.25) is 9.59 Å². The molecule has 2 aromatic heterocycles. The Morgan fingerprint density at radius 2 is 1.58 bits per heavy atom. The number of carbonyl (C=O) groups is 2. The zero-order chi connectivity index (χ0) is 16.5. The number of benzene rings is 1. The van der Waals surface area contributed by atoms with E-state index in [1.165, 1.54) is 0 Å². The zero-order valence-corrected chi connectivity index (χ0v) is 13.3. The van der Waals surface area contributed by atoms with Gasteiger partial charge in [0.05, 0.1) is 5.69 Å². The molecule has 0 saturated carbocycles. The van der Waals surface area contributed by atoms with Crippen LogP contribution in [0.5, 0.6) is 0 Å². The minimum atomic E-state index is -0.0760. The van der Waals surface area contributed by atoms with Gasteiger partial charge in [-0.2, -0.15) is 0 Å². The Labute approximate surface area is 140 Å². The lowest BCUT2D eigenvalue weighted by molar-refractivity contribution is 0.0793. The van der Waals surface area contributed by atoms with Crippen molar-refractivity contribution in [1.82, 2.24) is 9.30 Å². The summed E-state index contributed by atoms with van der Waals surface area (Å²) in [6.45, 7) is 1.60. The Morgan fingerprint density at radius 3 is 2.33 bits per heavy atom. The van der Waals surface area contributed by atoms with Crippen LogP contribution in [0.2, 0.25) is 0 Å². The van der Waals surface area contributed by atoms with Crippen LogP contribution in [-0.2, 0) is 0 Å². The van der Waals surface area contributed by atoms with Crippen molar-refractivity contribution in [3.8, 4) is 0 Å². The molecule has 3 aromatic rings. The lowest BCUT2D eigenvalue weighted by Gasteiger charge is -2.16. The summed E-state index contributed by atoms with van der Waals surface area (Å²) in [5.41, 5.74) is 2.59. The molecular weight excluding hydrogens is 300 g/mol. The van der Waals surface area contributed by atoms with Gasteiger partial charge in [-0.15, -0.1) is 0 Å². The first-order valence-corrected chi connectivity index (χ1v) is 8.24. The molecule has 0 N–H and O–H groups in total. The van der Waals surface area contributed by atoms with Crippen molar-refractivity contribution in [3.63, 3.8) is 0 Å². The SMILES string of the molecule is O=C(c1ccccc1)c1cc(C(=O)N2CCCC2)cc2cccn12. The third-order valence-electron chi connectivity index (χ3n) is 4.54. The zero-order valence-electron chi connectivity index (χ0n) is 13.3. The molecule has 120 valence electrons. The lowest BCUT2D eigenvalue weighted by Crippen LogP contribution is -2.28. The maximum Gasteiger partial charge on any atom is 0.254 e. The molecule has 0 radical (unpaired) electrons. The number of hydrogen-bond donors (Lipinski definition) is 0. The van der Waals surface area contributed by atoms with Crippen LogP contribution >= 0.6 is 0 Å². The number of likely N-dealkylation sites (tertiary alicyclic amines) is 1. The highest BCUT2D eigenvalue weighted by Crippen LogP contribution is 2.20. The van der Waals surface area contributed by atoms with Crippen LogP contribution in [0, 0.1) is 0 Å². The van der Waals surface area contributed by atoms with Gasteiger partial charge < -0.3 is 9.30 Å². The number of nitrogens with zero attached hydrogens (tertiary/aromatic N) is 2. The molecule has 1 fully saturated rings. The van der Waals surface area contributed by atoms with E-state index < -0.39 is 0 Å². The number of ketones is 1. The fourth-order valence-electron chi connectivity index (χ4n) is 3.29. The van der Waals surface area contributed by atoms with Gasteiger partial charge >= 0.3 is 0 Å². The molecule has 0 unspecified atom stereocenters. The molecule has 1 amide bonds. The molecule has 4 nitrogen and oxygen atoms in total. The number of fused-ring (bicyclic) bond motifs is 1. The van der Waals surface area contributed by atoms with Crippen molar-refractivity contribution in [3.05, 3.63) is 77.6 Å². The van der Waals surface area contributed by atoms with Crippen LogP contribution < -0.4 is 0 Å². The van der Waals surface area contributed by atoms with Crippen molar-refractivity contribution in [2.75, 3.05) is 13.1 Å². The average Bonchev–Trinajstić information content (AvgIpc) is 3.31. The van der Waals surface area contributed by atoms with E-state index in [1.807, 2.05) is 51.9 Å². The van der Waals surface area contributed by atoms with Gasteiger partial charge in [-0.25, -0.2) is 0 Å². The van der Waals surface area contributed by atoms with Gasteiger partial charge in [-0.1, -0.05) is 30.3 Å². The number of aromatic nitrogens is 1. The summed E-state index contributed by atoms with van der Waals surface area (Å²) in [6.07, 6.45) is 3.96. The van der Waals surface area contributed by atoms with E-state index in [4.69, 9.17) is 0 Å². The normalized spacial score (nSPS) is 14.2. The van der Waals surface area contributed by atoms with E-state index in [1.54, 1.807) is 18.2 Å². The van der Waals surface area contributed by atoms with Gasteiger partial charge in [0, 0.05) is 35.9 Å². The standard InChI is InChI=1S/C20H18N2O2/c23-19(15-7-2-1-3-8-15)18-14-16(13-17-9-6-12-22(17)18)20(24)21-10-4-5-11-21/h1-3,6-9,12-14H,4-5,10-11H2. The van der Waals surface area contributed by atoms with Crippen LogP contribution in [0.4, 0.5) is 0 Å². The second kappa shape index (κ2) is 5.96. The topological polar surface area (TPSA) is 41.8 Å². The monoisotopic (exact) mass is 318 g/mol. The fraction of sp³-hybridized carbons (Fsp3) is 0.200. The van der Waals surface area contributed by atoms with Gasteiger partial charge in [0.15, 0.2) is 0 Å². The molecule has 0 spiro atoms. The maximum atomic E-state index is 12.9. The second-order valence-electron chi connectivity index (χ2n) is 6.13. The van der Waals surface area contributed by atoms with Crippen molar-refractivity contribution < 1.29 is 9.59 Å². The second-order valence-corrected chi connectivity index (χ2v) is 6.13. The minimum Gasteiger partial charge on any atom is -0.339 e. The number of pyridine rings is 1. The maximum absolute atomic E-state index is 12.9. The summed E-state index contributed by atoms with van der Waals surface area (Å²) < 4.78 is 1.84. The largest absolute Gasteiger partial charge is 0.339 e. The van der Waals surface area contributed by atoms with Crippen LogP contribution in [0.15, 0.2) is 60.8 Å². The molecule has 3 heterocycles. The Hall–Kier alpha value is -2.88. The summed E-state index contributed by atoms with van der Waals surface area (Å²) in [4.78, 5) is 27.5. The van der Waals surface area contributed by atoms with Gasteiger partial charge in [0.1, 0.15) is 0 Å². The molecule has 1 aliphatic heterocycles. The molecule has 0 aliphatic carbocycles. The lowest BCUT2D eigenvalue weighted by atomic mass is 10.1. The van der Waals surface area contributed by atoms with Crippen LogP contribution in [0.1, 0.15) is 39.3 Å². The van der Waals surface area contributed by atoms with E-state index in [0.29, 0.717) is 16.8 Å². The van der Waals surface area contributed by atoms with Crippen molar-refractivity contribution >= 4 is 17.2 Å². The molecule has 1 saturated heterocycles. The number of hydrogen-bond acceptors (Lipinski definition) is 2. The molecule has 1 aliphatic rings. The van der Waals surface area contributed by atoms with E-state index in [2.05, 4.69) is 0 Å². The Kier molecular flexibility index (Phi) is 3.65. The highest BCUT2D eigenvalue weighted by molar-refractivity contribution is 6.09. The summed E-state index contributed by atoms with van der Waals surface area (Å²) in [7, 11) is 0. The molecule has 4 heteroatoms. The molecule has 0 bridgehead atoms. The quantitative estimate of drug-likeness (QED) is 0.695. The first-order valence-electron chi connectivity index (χ1n) is 8.24. The fourth-order valence-corrected chi connectivity index (χ4v) is 3.29. The summed E-state index contributed by atoms with van der Waals surface area (Å²) in [5, 5.41) is 0. The third kappa shape index (κ3) is 2.50. The Morgan fingerprint density at radius 1 is 0.833 bits per heavy atom. The Bertz CT molecular complexity index is 906. The van der Waals surface area contributed by atoms with Gasteiger partial charge in [-0.05, 0) is 37.1 Å². The van der Waals surface area contributed by atoms with Crippen LogP contribution in [-0.4, -0.2) is 34.1 Å². The Balaban J connectivity index is 1.81. The number of amides is 1. The first-order chi connectivity index (χ1) is 11.7. The molecule has 24 heavy (non-hydrogen) atoms. The summed E-state index contributed by atoms with van der Waals surface area (Å²) >= 11 is 0. The smallest absolute Gasteiger partial charge is 0.254 e. The van der Waals surface area contributed by atoms with Crippen LogP contribution in [0.25, 0.3) is 5.52 Å². The van der Waals surface area contributed by atoms with Crippen molar-refractivity contribution in [2.45, 2.75) is 12.8 Å². The highest BCUT2D eigenvalue weighted by atomic mass is 16.2. The van der Waals surface area contributed by atoms with Crippen LogP contribution in [0.3, 0.4) is 0 Å². The average molecular weight is 318 g/mol. The van der Waals surface area contributed by atoms with E-state index in [0.717, 1.165) is 31.4 Å². The van der Waals surface area contributed by atoms with Crippen molar-refractivity contribution in [2.24, 2.45) is 0 Å². The third-order valence-corrected chi connectivity index (χ3v) is 4.54. The number of rotatable bonds is 3. The molecular formula is C20H18N2O2. The summed E-state index contributed by atoms with van der Waals surface area (Å²) in [5.74, 6) is -0.0637. The van der Waals surface area contributed by atoms with Crippen molar-refractivity contribution in [1.29, 1.82) is 0 Å². The molecule has 4 rings (SSSR count).